The molecular formula is C18H30N4O2. The molecule has 0 saturated heterocycles. The van der Waals surface area contributed by atoms with Crippen LogP contribution in [0, 0.1) is 23.7 Å². The monoisotopic (exact) mass is 334 g/mol. The lowest BCUT2D eigenvalue weighted by Crippen LogP contribution is -2.49. The summed E-state index contributed by atoms with van der Waals surface area (Å²) in [6.07, 6.45) is 1.47. The molecule has 0 unspecified atom stereocenters. The average Bonchev–Trinajstić information content (AvgIpc) is 2.93. The molecule has 1 heterocycles. The van der Waals surface area contributed by atoms with E-state index >= 15 is 0 Å². The number of hydrogen-bond acceptors (Lipinski definition) is 3. The molecule has 6 heteroatoms. The summed E-state index contributed by atoms with van der Waals surface area (Å²) >= 11 is 0. The topological polar surface area (TPSA) is 67.2 Å². The molecule has 2 atom stereocenters. The fraction of sp³-hybridized carbons (Fsp3) is 0.722. The van der Waals surface area contributed by atoms with Gasteiger partial charge in [-0.25, -0.2) is 0 Å². The minimum atomic E-state index is -0.559. The van der Waals surface area contributed by atoms with Gasteiger partial charge >= 0.3 is 0 Å². The summed E-state index contributed by atoms with van der Waals surface area (Å²) in [6.45, 7) is 8.46. The number of rotatable bonds is 4. The Bertz CT molecular complexity index is 647. The highest BCUT2D eigenvalue weighted by molar-refractivity contribution is 5.87. The molecule has 0 aromatic carbocycles. The maximum atomic E-state index is 12.9. The third-order valence-corrected chi connectivity index (χ3v) is 6.00. The van der Waals surface area contributed by atoms with Gasteiger partial charge in [-0.05, 0) is 31.2 Å². The molecule has 0 radical (unpaired) electrons. The molecule has 134 valence electrons. The highest BCUT2D eigenvalue weighted by atomic mass is 16.2. The van der Waals surface area contributed by atoms with Crippen LogP contribution in [0.15, 0.2) is 6.07 Å². The minimum Gasteiger partial charge on any atom is -0.350 e. The highest BCUT2D eigenvalue weighted by Crippen LogP contribution is 2.56. The predicted molar refractivity (Wildman–Crippen MR) is 93.1 cm³/mol. The Labute approximate surface area is 144 Å². The van der Waals surface area contributed by atoms with Crippen molar-refractivity contribution in [2.24, 2.45) is 23.8 Å². The summed E-state index contributed by atoms with van der Waals surface area (Å²) in [5.41, 5.74) is 0.963. The van der Waals surface area contributed by atoms with Crippen molar-refractivity contribution in [1.29, 1.82) is 0 Å². The van der Waals surface area contributed by atoms with E-state index in [0.29, 0.717) is 6.54 Å². The molecule has 1 aromatic heterocycles. The number of aromatic nitrogens is 2. The second kappa shape index (κ2) is 6.22. The average molecular weight is 334 g/mol. The Kier molecular flexibility index (Phi) is 4.79. The number of amides is 2. The quantitative estimate of drug-likeness (QED) is 0.914. The number of carbonyl (C=O) groups excluding carboxylic acids is 2. The van der Waals surface area contributed by atoms with Crippen LogP contribution in [0.3, 0.4) is 0 Å². The Morgan fingerprint density at radius 3 is 2.50 bits per heavy atom. The van der Waals surface area contributed by atoms with Gasteiger partial charge in [0.25, 0.3) is 0 Å². The van der Waals surface area contributed by atoms with E-state index in [9.17, 15) is 9.59 Å². The lowest BCUT2D eigenvalue weighted by molar-refractivity contribution is -0.142. The fourth-order valence-corrected chi connectivity index (χ4v) is 3.85. The van der Waals surface area contributed by atoms with E-state index in [4.69, 9.17) is 0 Å². The third-order valence-electron chi connectivity index (χ3n) is 6.00. The first-order valence-corrected chi connectivity index (χ1v) is 8.49. The molecule has 2 rings (SSSR count). The van der Waals surface area contributed by atoms with E-state index in [1.165, 1.54) is 0 Å². The van der Waals surface area contributed by atoms with Crippen molar-refractivity contribution in [3.8, 4) is 0 Å². The smallest absolute Gasteiger partial charge is 0.226 e. The van der Waals surface area contributed by atoms with Gasteiger partial charge < -0.3 is 10.2 Å². The Morgan fingerprint density at radius 2 is 2.00 bits per heavy atom. The van der Waals surface area contributed by atoms with Crippen LogP contribution in [0.25, 0.3) is 0 Å². The molecule has 1 N–H and O–H groups in total. The van der Waals surface area contributed by atoms with Crippen LogP contribution in [0.1, 0.15) is 45.0 Å². The molecule has 1 aromatic rings. The van der Waals surface area contributed by atoms with Gasteiger partial charge in [-0.1, -0.05) is 20.8 Å². The molecular weight excluding hydrogens is 304 g/mol. The maximum absolute atomic E-state index is 12.9. The lowest BCUT2D eigenvalue weighted by atomic mass is 9.65. The normalized spacial score (nSPS) is 25.5. The molecule has 6 nitrogen and oxygen atoms in total. The van der Waals surface area contributed by atoms with Crippen LogP contribution in [0.2, 0.25) is 0 Å². The van der Waals surface area contributed by atoms with Crippen LogP contribution in [0.4, 0.5) is 0 Å². The van der Waals surface area contributed by atoms with E-state index in [1.807, 2.05) is 40.8 Å². The standard InChI is InChI=1S/C18H30N4O2/c1-12-10-13(22(7)20-12)11-19-16(24)18(4)9-8-14(17(18,2)3)15(23)21(5)6/h10,14H,8-9,11H2,1-7H3,(H,19,24)/t14-,18+/m0/s1. The van der Waals surface area contributed by atoms with Gasteiger partial charge in [0.2, 0.25) is 11.8 Å². The summed E-state index contributed by atoms with van der Waals surface area (Å²) in [4.78, 5) is 27.1. The van der Waals surface area contributed by atoms with E-state index in [2.05, 4.69) is 10.4 Å². The van der Waals surface area contributed by atoms with E-state index < -0.39 is 5.41 Å². The van der Waals surface area contributed by atoms with Crippen LogP contribution in [-0.4, -0.2) is 40.6 Å². The maximum Gasteiger partial charge on any atom is 0.226 e. The number of nitrogens with zero attached hydrogens (tertiary/aromatic N) is 3. The number of aryl methyl sites for hydroxylation is 2. The van der Waals surface area contributed by atoms with Gasteiger partial charge in [-0.2, -0.15) is 5.10 Å². The molecule has 1 aliphatic rings. The van der Waals surface area contributed by atoms with Gasteiger partial charge in [0.15, 0.2) is 0 Å². The second-order valence-electron chi connectivity index (χ2n) is 7.96. The van der Waals surface area contributed by atoms with Crippen molar-refractivity contribution in [3.63, 3.8) is 0 Å². The number of carbonyl (C=O) groups is 2. The summed E-state index contributed by atoms with van der Waals surface area (Å²) in [5.74, 6) is 0.00129. The van der Waals surface area contributed by atoms with Gasteiger partial charge in [-0.15, -0.1) is 0 Å². The van der Waals surface area contributed by atoms with Gasteiger partial charge in [0.05, 0.1) is 23.3 Å². The van der Waals surface area contributed by atoms with Crippen LogP contribution >= 0.6 is 0 Å². The molecule has 1 saturated carbocycles. The summed E-state index contributed by atoms with van der Waals surface area (Å²) < 4.78 is 1.79. The zero-order valence-electron chi connectivity index (χ0n) is 15.9. The summed E-state index contributed by atoms with van der Waals surface area (Å²) in [7, 11) is 5.43. The third kappa shape index (κ3) is 2.94. The largest absolute Gasteiger partial charge is 0.350 e. The van der Waals surface area contributed by atoms with Crippen LogP contribution in [-0.2, 0) is 23.2 Å². The van der Waals surface area contributed by atoms with Crippen molar-refractivity contribution in [3.05, 3.63) is 17.5 Å². The van der Waals surface area contributed by atoms with Gasteiger partial charge in [-0.3, -0.25) is 14.3 Å². The molecule has 0 aliphatic heterocycles. The first kappa shape index (κ1) is 18.5. The Hall–Kier alpha value is -1.85. The molecule has 24 heavy (non-hydrogen) atoms. The van der Waals surface area contributed by atoms with E-state index in [-0.39, 0.29) is 23.1 Å². The van der Waals surface area contributed by atoms with Crippen molar-refractivity contribution < 1.29 is 9.59 Å². The minimum absolute atomic E-state index is 0.0143. The SMILES string of the molecule is Cc1cc(CNC(=O)[C@@]2(C)CC[C@@H](C(=O)N(C)C)C2(C)C)n(C)n1. The number of hydrogen-bond donors (Lipinski definition) is 1. The first-order valence-electron chi connectivity index (χ1n) is 8.49. The number of nitrogens with one attached hydrogen (secondary N) is 1. The highest BCUT2D eigenvalue weighted by Gasteiger charge is 2.58. The van der Waals surface area contributed by atoms with Gasteiger partial charge in [0.1, 0.15) is 0 Å². The lowest BCUT2D eigenvalue weighted by Gasteiger charge is -2.40. The van der Waals surface area contributed by atoms with Crippen molar-refractivity contribution in [2.75, 3.05) is 14.1 Å². The summed E-state index contributed by atoms with van der Waals surface area (Å²) in [5, 5.41) is 7.36. The molecule has 2 amide bonds. The fourth-order valence-electron chi connectivity index (χ4n) is 3.85. The van der Waals surface area contributed by atoms with Crippen molar-refractivity contribution in [1.82, 2.24) is 20.0 Å². The molecule has 0 bridgehead atoms. The van der Waals surface area contributed by atoms with E-state index in [1.54, 1.807) is 23.7 Å². The Morgan fingerprint density at radius 1 is 1.38 bits per heavy atom. The van der Waals surface area contributed by atoms with Crippen LogP contribution in [0.5, 0.6) is 0 Å². The second-order valence-corrected chi connectivity index (χ2v) is 7.96. The van der Waals surface area contributed by atoms with Crippen molar-refractivity contribution in [2.45, 2.75) is 47.1 Å². The predicted octanol–water partition coefficient (Wildman–Crippen LogP) is 1.88. The first-order chi connectivity index (χ1) is 11.0. The molecule has 1 fully saturated rings. The Balaban J connectivity index is 2.13. The van der Waals surface area contributed by atoms with Gasteiger partial charge in [0, 0.05) is 27.1 Å². The zero-order chi connectivity index (χ0) is 18.3. The molecule has 1 aliphatic carbocycles. The van der Waals surface area contributed by atoms with E-state index in [0.717, 1.165) is 24.2 Å². The van der Waals surface area contributed by atoms with Crippen molar-refractivity contribution >= 4 is 11.8 Å². The zero-order valence-corrected chi connectivity index (χ0v) is 15.9. The summed E-state index contributed by atoms with van der Waals surface area (Å²) in [6, 6.07) is 1.97. The van der Waals surface area contributed by atoms with Crippen LogP contribution < -0.4 is 5.32 Å². The molecule has 0 spiro atoms.